The molecular formula is C30H37ClN4O3. The van der Waals surface area contributed by atoms with E-state index >= 15 is 0 Å². The molecule has 1 unspecified atom stereocenters. The molecule has 1 aromatic carbocycles. The highest BCUT2D eigenvalue weighted by Gasteiger charge is 2.37. The molecule has 8 heteroatoms. The number of allylic oxidation sites excluding steroid dienone is 1. The summed E-state index contributed by atoms with van der Waals surface area (Å²) in [6.45, 7) is 11.4. The lowest BCUT2D eigenvalue weighted by atomic mass is 9.84. The zero-order chi connectivity index (χ0) is 27.2. The molecule has 7 nitrogen and oxygen atoms in total. The Kier molecular flexibility index (Phi) is 7.33. The Labute approximate surface area is 230 Å². The monoisotopic (exact) mass is 536 g/mol. The fourth-order valence-electron chi connectivity index (χ4n) is 6.23. The van der Waals surface area contributed by atoms with Crippen LogP contribution in [-0.4, -0.2) is 65.5 Å². The van der Waals surface area contributed by atoms with Crippen molar-refractivity contribution in [2.75, 3.05) is 26.2 Å². The van der Waals surface area contributed by atoms with Gasteiger partial charge in [0.05, 0.1) is 12.5 Å². The van der Waals surface area contributed by atoms with E-state index in [0.717, 1.165) is 46.4 Å². The fraction of sp³-hybridized carbons (Fsp3) is 0.567. The first-order valence-corrected chi connectivity index (χ1v) is 14.0. The van der Waals surface area contributed by atoms with Crippen molar-refractivity contribution in [1.82, 2.24) is 9.80 Å². The van der Waals surface area contributed by atoms with Crippen LogP contribution in [0.5, 0.6) is 0 Å². The lowest BCUT2D eigenvalue weighted by molar-refractivity contribution is -0.142. The summed E-state index contributed by atoms with van der Waals surface area (Å²) in [7, 11) is 0. The average molecular weight is 537 g/mol. The van der Waals surface area contributed by atoms with Crippen LogP contribution in [-0.2, 0) is 33.9 Å². The van der Waals surface area contributed by atoms with Crippen molar-refractivity contribution in [3.63, 3.8) is 0 Å². The largest absolute Gasteiger partial charge is 0.343 e. The second-order valence-corrected chi connectivity index (χ2v) is 12.8. The number of carbonyl (C=O) groups excluding carboxylic acids is 3. The Morgan fingerprint density at radius 1 is 1.13 bits per heavy atom. The molecule has 1 fully saturated rings. The van der Waals surface area contributed by atoms with Crippen LogP contribution in [0.3, 0.4) is 0 Å². The Bertz CT molecular complexity index is 1270. The number of likely N-dealkylation sites (tertiary alicyclic amines) is 1. The van der Waals surface area contributed by atoms with E-state index in [0.29, 0.717) is 44.2 Å². The molecule has 0 saturated carbocycles. The average Bonchev–Trinajstić information content (AvgIpc) is 3.32. The Hall–Kier alpha value is -2.80. The van der Waals surface area contributed by atoms with E-state index < -0.39 is 5.92 Å². The first kappa shape index (κ1) is 26.8. The summed E-state index contributed by atoms with van der Waals surface area (Å²) in [4.78, 5) is 52.2. The molecule has 4 heterocycles. The minimum absolute atomic E-state index is 0.0106. The number of carbonyl (C=O) groups is 3. The topological polar surface area (TPSA) is 82.4 Å². The molecule has 4 aliphatic rings. The zero-order valence-corrected chi connectivity index (χ0v) is 23.6. The number of rotatable bonds is 4. The molecule has 38 heavy (non-hydrogen) atoms. The molecule has 4 aliphatic heterocycles. The van der Waals surface area contributed by atoms with E-state index in [9.17, 15) is 14.4 Å². The van der Waals surface area contributed by atoms with E-state index in [1.165, 1.54) is 0 Å². The number of ketones is 1. The molecule has 0 spiro atoms. The number of piperidine rings is 1. The van der Waals surface area contributed by atoms with Gasteiger partial charge in [0.15, 0.2) is 5.78 Å². The molecule has 5 rings (SSSR count). The second kappa shape index (κ2) is 10.4. The number of hydrogen-bond acceptors (Lipinski definition) is 5. The maximum Gasteiger partial charge on any atom is 0.226 e. The summed E-state index contributed by atoms with van der Waals surface area (Å²) in [6, 6.07) is 1.99. The summed E-state index contributed by atoms with van der Waals surface area (Å²) in [6.07, 6.45) is 5.99. The minimum atomic E-state index is -0.433. The molecule has 2 amide bonds. The maximum absolute atomic E-state index is 13.9. The highest BCUT2D eigenvalue weighted by Crippen LogP contribution is 2.36. The van der Waals surface area contributed by atoms with Crippen LogP contribution in [0.25, 0.3) is 0 Å². The molecule has 0 N–H and O–H groups in total. The smallest absolute Gasteiger partial charge is 0.226 e. The van der Waals surface area contributed by atoms with Crippen LogP contribution in [0.1, 0.15) is 69.2 Å². The van der Waals surface area contributed by atoms with Crippen molar-refractivity contribution in [2.45, 2.75) is 66.5 Å². The van der Waals surface area contributed by atoms with E-state index in [1.807, 2.05) is 35.1 Å². The van der Waals surface area contributed by atoms with Gasteiger partial charge in [-0.25, -0.2) is 0 Å². The molecule has 0 aliphatic carbocycles. The Morgan fingerprint density at radius 3 is 2.58 bits per heavy atom. The van der Waals surface area contributed by atoms with Crippen molar-refractivity contribution in [3.8, 4) is 0 Å². The van der Waals surface area contributed by atoms with Gasteiger partial charge in [0, 0.05) is 66.2 Å². The van der Waals surface area contributed by atoms with Crippen LogP contribution in [0, 0.1) is 17.3 Å². The summed E-state index contributed by atoms with van der Waals surface area (Å²) >= 11 is 6.62. The number of halogens is 1. The predicted molar refractivity (Wildman–Crippen MR) is 150 cm³/mol. The van der Waals surface area contributed by atoms with Crippen LogP contribution in [0.4, 0.5) is 0 Å². The number of dihydropyridines is 1. The summed E-state index contributed by atoms with van der Waals surface area (Å²) in [5, 5.41) is 0.687. The van der Waals surface area contributed by atoms with Crippen molar-refractivity contribution in [3.05, 3.63) is 45.0 Å². The third-order valence-corrected chi connectivity index (χ3v) is 8.44. The van der Waals surface area contributed by atoms with Gasteiger partial charge >= 0.3 is 0 Å². The van der Waals surface area contributed by atoms with Gasteiger partial charge in [0.25, 0.3) is 0 Å². The number of fused-ring (bicyclic) bond motifs is 3. The van der Waals surface area contributed by atoms with Crippen molar-refractivity contribution >= 4 is 41.1 Å². The number of nitrogens with zero attached hydrogens (tertiary/aromatic N) is 4. The highest BCUT2D eigenvalue weighted by atomic mass is 35.5. The quantitative estimate of drug-likeness (QED) is 0.571. The standard InChI is InChI=1S/C30H37ClN4O3/c1-18-9-22(27(36)15-33-18)19-5-7-34(8-6-19)28(37)12-21-10-20-11-26(31)24-14-32-13-23(24)25(20)16-35(29(21)38)17-30(2,3)4/h9,11,13,19,21H,5-8,10,12,14-17H2,1-4H3. The Balaban J connectivity index is 1.33. The normalized spacial score (nSPS) is 22.2. The number of benzene rings is 1. The van der Waals surface area contributed by atoms with Gasteiger partial charge in [-0.15, -0.1) is 0 Å². The minimum Gasteiger partial charge on any atom is -0.343 e. The van der Waals surface area contributed by atoms with Gasteiger partial charge in [-0.05, 0) is 60.8 Å². The fourth-order valence-corrected chi connectivity index (χ4v) is 6.53. The van der Waals surface area contributed by atoms with Gasteiger partial charge in [-0.3, -0.25) is 24.4 Å². The molecule has 1 atom stereocenters. The van der Waals surface area contributed by atoms with E-state index in [-0.39, 0.29) is 41.9 Å². The van der Waals surface area contributed by atoms with Crippen molar-refractivity contribution in [2.24, 2.45) is 27.2 Å². The van der Waals surface area contributed by atoms with Gasteiger partial charge in [0.2, 0.25) is 11.8 Å². The van der Waals surface area contributed by atoms with Crippen LogP contribution < -0.4 is 0 Å². The lowest BCUT2D eigenvalue weighted by Crippen LogP contribution is -2.44. The van der Waals surface area contributed by atoms with E-state index in [2.05, 4.69) is 30.8 Å². The lowest BCUT2D eigenvalue weighted by Gasteiger charge is -2.35. The number of Topliss-reactive ketones (excluding diaryl/α,β-unsaturated/α-hetero) is 1. The van der Waals surface area contributed by atoms with Crippen LogP contribution in [0.2, 0.25) is 5.02 Å². The first-order valence-electron chi connectivity index (χ1n) is 13.7. The molecular weight excluding hydrogens is 500 g/mol. The first-order chi connectivity index (χ1) is 18.0. The third kappa shape index (κ3) is 5.49. The highest BCUT2D eigenvalue weighted by molar-refractivity contribution is 6.32. The van der Waals surface area contributed by atoms with Crippen LogP contribution in [0.15, 0.2) is 27.7 Å². The SMILES string of the molecule is CC1=NCC(=O)C(C2CCN(C(=O)CC3Cc4cc(Cl)c5c(c4CN(CC(C)(C)C)C3=O)C=NC5)CC2)=C1. The molecule has 0 aromatic heterocycles. The van der Waals surface area contributed by atoms with Crippen LogP contribution >= 0.6 is 11.6 Å². The van der Waals surface area contributed by atoms with Gasteiger partial charge < -0.3 is 9.80 Å². The van der Waals surface area contributed by atoms with Crippen molar-refractivity contribution in [1.29, 1.82) is 0 Å². The van der Waals surface area contributed by atoms with Crippen molar-refractivity contribution < 1.29 is 14.4 Å². The predicted octanol–water partition coefficient (Wildman–Crippen LogP) is 4.42. The third-order valence-electron chi connectivity index (χ3n) is 8.11. The zero-order valence-electron chi connectivity index (χ0n) is 22.8. The molecule has 202 valence electrons. The van der Waals surface area contributed by atoms with Gasteiger partial charge in [-0.2, -0.15) is 0 Å². The van der Waals surface area contributed by atoms with E-state index in [4.69, 9.17) is 11.6 Å². The second-order valence-electron chi connectivity index (χ2n) is 12.4. The molecule has 1 aromatic rings. The Morgan fingerprint density at radius 2 is 1.87 bits per heavy atom. The van der Waals surface area contributed by atoms with Gasteiger partial charge in [0.1, 0.15) is 6.54 Å². The molecule has 0 bridgehead atoms. The molecule has 0 radical (unpaired) electrons. The molecule has 1 saturated heterocycles. The maximum atomic E-state index is 13.9. The summed E-state index contributed by atoms with van der Waals surface area (Å²) in [5.41, 5.74) is 5.90. The summed E-state index contributed by atoms with van der Waals surface area (Å²) in [5.74, 6) is -0.130. The van der Waals surface area contributed by atoms with Gasteiger partial charge in [-0.1, -0.05) is 32.4 Å². The summed E-state index contributed by atoms with van der Waals surface area (Å²) < 4.78 is 0. The number of hydrogen-bond donors (Lipinski definition) is 0. The number of amides is 2. The number of aliphatic imine (C=N–C) groups is 2. The van der Waals surface area contributed by atoms with E-state index in [1.54, 1.807) is 0 Å².